The lowest BCUT2D eigenvalue weighted by molar-refractivity contribution is -0.465. The molecule has 2 aliphatic rings. The molecule has 0 radical (unpaired) electrons. The van der Waals surface area contributed by atoms with Crippen molar-refractivity contribution in [2.24, 2.45) is 0 Å². The summed E-state index contributed by atoms with van der Waals surface area (Å²) in [6, 6.07) is 2.02. The largest absolute Gasteiger partial charge is 0.366 e. The summed E-state index contributed by atoms with van der Waals surface area (Å²) in [5.74, 6) is -1.33. The molecule has 1 aliphatic carbocycles. The molecule has 0 bridgehead atoms. The molecular weight excluding hydrogens is 379 g/mol. The van der Waals surface area contributed by atoms with Crippen LogP contribution in [0.2, 0.25) is 0 Å². The number of aryl methyl sites for hydroxylation is 1. The molecule has 1 atom stereocenters. The number of carbonyl (C=O) groups excluding carboxylic acids is 1. The molecule has 9 heteroatoms. The Morgan fingerprint density at radius 3 is 2.76 bits per heavy atom. The van der Waals surface area contributed by atoms with Crippen molar-refractivity contribution in [3.63, 3.8) is 0 Å². The van der Waals surface area contributed by atoms with E-state index in [0.29, 0.717) is 24.3 Å². The van der Waals surface area contributed by atoms with Crippen molar-refractivity contribution in [3.8, 4) is 0 Å². The van der Waals surface area contributed by atoms with Gasteiger partial charge in [-0.15, -0.1) is 0 Å². The highest BCUT2D eigenvalue weighted by molar-refractivity contribution is 6.00. The van der Waals surface area contributed by atoms with Crippen LogP contribution in [0.15, 0.2) is 17.1 Å². The Labute approximate surface area is 166 Å². The number of pyridine rings is 1. The molecule has 1 aromatic carbocycles. The summed E-state index contributed by atoms with van der Waals surface area (Å²) in [7, 11) is 0. The number of Topliss-reactive ketones (excluding diaryl/α,β-unsaturated/α-hetero) is 1. The first-order chi connectivity index (χ1) is 13.8. The fourth-order valence-electron chi connectivity index (χ4n) is 4.09. The molecule has 1 N–H and O–H groups in total. The molecule has 1 saturated heterocycles. The summed E-state index contributed by atoms with van der Waals surface area (Å²) >= 11 is 0. The number of benzene rings is 1. The predicted molar refractivity (Wildman–Crippen MR) is 107 cm³/mol. The molecule has 1 aromatic heterocycles. The van der Waals surface area contributed by atoms with E-state index in [4.69, 9.17) is 0 Å². The Balaban J connectivity index is 1.93. The van der Waals surface area contributed by atoms with Crippen LogP contribution >= 0.6 is 0 Å². The van der Waals surface area contributed by atoms with Crippen molar-refractivity contribution in [2.75, 3.05) is 31.1 Å². The van der Waals surface area contributed by atoms with Crippen molar-refractivity contribution in [2.45, 2.75) is 38.8 Å². The monoisotopic (exact) mass is 402 g/mol. The molecule has 1 saturated carbocycles. The first kappa shape index (κ1) is 19.5. The number of halogens is 1. The fourth-order valence-corrected chi connectivity index (χ4v) is 4.09. The van der Waals surface area contributed by atoms with Crippen molar-refractivity contribution in [1.82, 2.24) is 9.88 Å². The fraction of sp³-hybridized carbons (Fsp3) is 0.500. The zero-order valence-electron chi connectivity index (χ0n) is 16.4. The summed E-state index contributed by atoms with van der Waals surface area (Å²) in [6.07, 6.45) is 3.20. The summed E-state index contributed by atoms with van der Waals surface area (Å²) < 4.78 is 17.1. The number of hydrogen-bond donors (Lipinski definition) is 1. The molecule has 0 amide bonds. The van der Waals surface area contributed by atoms with Crippen LogP contribution in [0.1, 0.15) is 41.7 Å². The van der Waals surface area contributed by atoms with Crippen molar-refractivity contribution in [3.05, 3.63) is 49.5 Å². The maximum Gasteiger partial charge on any atom is 0.266 e. The van der Waals surface area contributed by atoms with Crippen molar-refractivity contribution >= 4 is 22.4 Å². The van der Waals surface area contributed by atoms with Crippen LogP contribution in [0.5, 0.6) is 0 Å². The molecular formula is C20H23FN4O4. The van der Waals surface area contributed by atoms with E-state index in [-0.39, 0.29) is 28.6 Å². The van der Waals surface area contributed by atoms with Crippen LogP contribution in [0.4, 0.5) is 10.1 Å². The molecule has 2 fully saturated rings. The highest BCUT2D eigenvalue weighted by atomic mass is 19.1. The van der Waals surface area contributed by atoms with Gasteiger partial charge in [-0.2, -0.15) is 0 Å². The molecule has 29 heavy (non-hydrogen) atoms. The summed E-state index contributed by atoms with van der Waals surface area (Å²) in [6.45, 7) is 4.65. The second-order valence-electron chi connectivity index (χ2n) is 7.95. The number of nitrogens with zero attached hydrogens (tertiary/aromatic N) is 3. The average Bonchev–Trinajstić information content (AvgIpc) is 3.49. The normalized spacial score (nSPS) is 19.6. The number of piperazine rings is 1. The first-order valence-corrected chi connectivity index (χ1v) is 9.79. The van der Waals surface area contributed by atoms with Gasteiger partial charge in [0.1, 0.15) is 5.82 Å². The minimum Gasteiger partial charge on any atom is -0.366 e. The predicted octanol–water partition coefficient (Wildman–Crippen LogP) is 2.04. The van der Waals surface area contributed by atoms with E-state index in [9.17, 15) is 19.7 Å². The van der Waals surface area contributed by atoms with E-state index in [0.717, 1.165) is 19.4 Å². The van der Waals surface area contributed by atoms with Gasteiger partial charge >= 0.3 is 0 Å². The number of carbonyl (C=O) groups is 1. The third-order valence-electron chi connectivity index (χ3n) is 5.70. The number of nitrogens with one attached hydrogen (secondary N) is 1. The summed E-state index contributed by atoms with van der Waals surface area (Å²) in [4.78, 5) is 37.3. The van der Waals surface area contributed by atoms with Crippen LogP contribution in [-0.2, 0) is 0 Å². The lowest BCUT2D eigenvalue weighted by Crippen LogP contribution is -2.49. The zero-order chi connectivity index (χ0) is 20.9. The molecule has 4 rings (SSSR count). The van der Waals surface area contributed by atoms with E-state index in [1.165, 1.54) is 13.1 Å². The van der Waals surface area contributed by atoms with E-state index in [2.05, 4.69) is 5.32 Å². The summed E-state index contributed by atoms with van der Waals surface area (Å²) in [5.41, 5.74) is 0.322. The van der Waals surface area contributed by atoms with Crippen molar-refractivity contribution in [1.29, 1.82) is 0 Å². The smallest absolute Gasteiger partial charge is 0.266 e. The van der Waals surface area contributed by atoms with E-state index in [1.54, 1.807) is 6.07 Å². The summed E-state index contributed by atoms with van der Waals surface area (Å²) in [5, 5.41) is 14.2. The highest BCUT2D eigenvalue weighted by Gasteiger charge is 2.30. The van der Waals surface area contributed by atoms with Gasteiger partial charge in [-0.1, -0.05) is 0 Å². The van der Waals surface area contributed by atoms with E-state index >= 15 is 4.39 Å². The van der Waals surface area contributed by atoms with Gasteiger partial charge in [0, 0.05) is 48.4 Å². The van der Waals surface area contributed by atoms with Gasteiger partial charge in [-0.3, -0.25) is 19.7 Å². The molecule has 2 heterocycles. The van der Waals surface area contributed by atoms with Crippen LogP contribution < -0.4 is 15.6 Å². The van der Waals surface area contributed by atoms with Gasteiger partial charge < -0.3 is 14.8 Å². The number of fused-ring (bicyclic) bond motifs is 1. The molecule has 8 nitrogen and oxygen atoms in total. The third kappa shape index (κ3) is 3.50. The standard InChI is InChI=1S/C20H23FN4O4/c1-11-8-23(6-5-22-11)16-7-15-18(12(2)19(16)21)20(27)14(17(26)10-25(28)29)9-24(15)13-3-4-13/h7,9,11,13,22H,3-6,8,10H2,1-2H3/t11-/m1/s1. The number of anilines is 1. The second kappa shape index (κ2) is 7.22. The molecule has 154 valence electrons. The van der Waals surface area contributed by atoms with E-state index in [1.807, 2.05) is 16.4 Å². The minimum absolute atomic E-state index is 0.111. The number of rotatable bonds is 5. The van der Waals surface area contributed by atoms with Crippen LogP contribution in [0.3, 0.4) is 0 Å². The second-order valence-corrected chi connectivity index (χ2v) is 7.95. The maximum atomic E-state index is 15.3. The van der Waals surface area contributed by atoms with Gasteiger partial charge in [0.05, 0.1) is 22.2 Å². The molecule has 1 aliphatic heterocycles. The zero-order valence-corrected chi connectivity index (χ0v) is 16.4. The van der Waals surface area contributed by atoms with Crippen LogP contribution in [-0.4, -0.2) is 47.5 Å². The average molecular weight is 402 g/mol. The lowest BCUT2D eigenvalue weighted by Gasteiger charge is -2.34. The Morgan fingerprint density at radius 2 is 2.14 bits per heavy atom. The Kier molecular flexibility index (Phi) is 4.85. The van der Waals surface area contributed by atoms with E-state index < -0.39 is 28.5 Å². The Bertz CT molecular complexity index is 1080. The van der Waals surface area contributed by atoms with Crippen LogP contribution in [0, 0.1) is 22.9 Å². The topological polar surface area (TPSA) is 97.5 Å². The number of aromatic nitrogens is 1. The third-order valence-corrected chi connectivity index (χ3v) is 5.70. The van der Waals surface area contributed by atoms with Crippen molar-refractivity contribution < 1.29 is 14.1 Å². The quantitative estimate of drug-likeness (QED) is 0.467. The Morgan fingerprint density at radius 1 is 1.41 bits per heavy atom. The van der Waals surface area contributed by atoms with Gasteiger partial charge in [0.15, 0.2) is 0 Å². The van der Waals surface area contributed by atoms with Crippen LogP contribution in [0.25, 0.3) is 10.9 Å². The van der Waals surface area contributed by atoms with Gasteiger partial charge in [0.25, 0.3) is 6.54 Å². The molecule has 0 unspecified atom stereocenters. The lowest BCUT2D eigenvalue weighted by atomic mass is 10.0. The molecule has 0 spiro atoms. The maximum absolute atomic E-state index is 15.3. The number of ketones is 1. The van der Waals surface area contributed by atoms with Gasteiger partial charge in [-0.25, -0.2) is 4.39 Å². The highest BCUT2D eigenvalue weighted by Crippen LogP contribution is 2.39. The number of hydrogen-bond acceptors (Lipinski definition) is 6. The van der Waals surface area contributed by atoms with Gasteiger partial charge in [-0.05, 0) is 32.8 Å². The SMILES string of the molecule is Cc1c(F)c(N2CCN[C@H](C)C2)cc2c1c(=O)c(C(=O)C[N+](=O)[O-])cn2C1CC1. The van der Waals surface area contributed by atoms with Gasteiger partial charge in [0.2, 0.25) is 11.2 Å². The number of nitro groups is 1. The minimum atomic E-state index is -0.955. The Hall–Kier alpha value is -2.81. The molecule has 2 aromatic rings. The first-order valence-electron chi connectivity index (χ1n) is 9.79.